The fourth-order valence-electron chi connectivity index (χ4n) is 3.63. The van der Waals surface area contributed by atoms with Gasteiger partial charge in [-0.05, 0) is 30.4 Å². The Morgan fingerprint density at radius 1 is 1.35 bits per heavy atom. The van der Waals surface area contributed by atoms with E-state index in [0.717, 1.165) is 38.2 Å². The molecule has 3 atom stereocenters. The van der Waals surface area contributed by atoms with E-state index < -0.39 is 12.8 Å². The summed E-state index contributed by atoms with van der Waals surface area (Å²) in [5, 5.41) is 7.07. The van der Waals surface area contributed by atoms with Crippen molar-refractivity contribution in [3.8, 4) is 5.88 Å². The van der Waals surface area contributed by atoms with Crippen molar-refractivity contribution < 1.29 is 22.6 Å². The second-order valence-corrected chi connectivity index (χ2v) is 6.62. The van der Waals surface area contributed by atoms with Gasteiger partial charge in [0.15, 0.2) is 6.61 Å². The van der Waals surface area contributed by atoms with E-state index in [-0.39, 0.29) is 18.3 Å². The molecule has 1 saturated heterocycles. The summed E-state index contributed by atoms with van der Waals surface area (Å²) in [5.74, 6) is 0.519. The van der Waals surface area contributed by atoms with Crippen LogP contribution in [0.2, 0.25) is 0 Å². The number of alkyl halides is 3. The van der Waals surface area contributed by atoms with Gasteiger partial charge >= 0.3 is 6.18 Å². The van der Waals surface area contributed by atoms with Gasteiger partial charge in [-0.3, -0.25) is 0 Å². The largest absolute Gasteiger partial charge is 0.468 e. The van der Waals surface area contributed by atoms with Crippen molar-refractivity contribution in [3.63, 3.8) is 0 Å². The number of rotatable bonds is 6. The molecule has 1 aliphatic heterocycles. The zero-order valence-electron chi connectivity index (χ0n) is 14.4. The van der Waals surface area contributed by atoms with Gasteiger partial charge in [0.05, 0.1) is 13.2 Å². The van der Waals surface area contributed by atoms with Crippen LogP contribution in [0.3, 0.4) is 0 Å². The fourth-order valence-corrected chi connectivity index (χ4v) is 3.63. The van der Waals surface area contributed by atoms with Crippen molar-refractivity contribution in [1.82, 2.24) is 15.6 Å². The van der Waals surface area contributed by atoms with Gasteiger partial charge in [-0.25, -0.2) is 4.98 Å². The van der Waals surface area contributed by atoms with Crippen LogP contribution < -0.4 is 15.4 Å². The monoisotopic (exact) mass is 395 g/mol. The Balaban J connectivity index is 0.00000243. The summed E-state index contributed by atoms with van der Waals surface area (Å²) in [7, 11) is 0. The average molecular weight is 396 g/mol. The number of aromatic nitrogens is 1. The minimum absolute atomic E-state index is 0. The van der Waals surface area contributed by atoms with E-state index in [1.165, 1.54) is 12.6 Å². The van der Waals surface area contributed by atoms with Crippen molar-refractivity contribution in [2.45, 2.75) is 44.1 Å². The number of morpholine rings is 1. The lowest BCUT2D eigenvalue weighted by molar-refractivity contribution is -0.154. The standard InChI is InChI=1S/C17H24F3N3O2.ClH/c18-17(19,20)11-25-16-8-12(4-5-22-16)9-23-14-3-1-2-13(14)15-10-24-7-6-21-15;/h4-5,8,13-15,21,23H,1-3,6-7,9-11H2;1H. The number of hydrogen-bond donors (Lipinski definition) is 2. The van der Waals surface area contributed by atoms with E-state index in [2.05, 4.69) is 15.6 Å². The van der Waals surface area contributed by atoms with Crippen LogP contribution >= 0.6 is 12.4 Å². The van der Waals surface area contributed by atoms with Crippen molar-refractivity contribution in [2.24, 2.45) is 5.92 Å². The van der Waals surface area contributed by atoms with E-state index in [4.69, 9.17) is 9.47 Å². The zero-order valence-corrected chi connectivity index (χ0v) is 15.2. The molecule has 5 nitrogen and oxygen atoms in total. The number of ether oxygens (including phenoxy) is 2. The summed E-state index contributed by atoms with van der Waals surface area (Å²) in [5.41, 5.74) is 0.866. The molecule has 0 spiro atoms. The van der Waals surface area contributed by atoms with Crippen LogP contribution in [0.1, 0.15) is 24.8 Å². The third-order valence-electron chi connectivity index (χ3n) is 4.79. The molecule has 148 valence electrons. The summed E-state index contributed by atoms with van der Waals surface area (Å²) >= 11 is 0. The number of nitrogens with one attached hydrogen (secondary N) is 2. The molecule has 2 N–H and O–H groups in total. The molecule has 3 rings (SSSR count). The molecule has 26 heavy (non-hydrogen) atoms. The lowest BCUT2D eigenvalue weighted by Gasteiger charge is -2.33. The molecular weight excluding hydrogens is 371 g/mol. The van der Waals surface area contributed by atoms with E-state index in [0.29, 0.717) is 24.5 Å². The number of pyridine rings is 1. The Hall–Kier alpha value is -1.09. The van der Waals surface area contributed by atoms with E-state index in [1.807, 2.05) is 0 Å². The van der Waals surface area contributed by atoms with Gasteiger partial charge in [-0.15, -0.1) is 12.4 Å². The lowest BCUT2D eigenvalue weighted by Crippen LogP contribution is -2.50. The second kappa shape index (κ2) is 9.73. The van der Waals surface area contributed by atoms with Gasteiger partial charge in [0, 0.05) is 37.4 Å². The first kappa shape index (κ1) is 21.2. The van der Waals surface area contributed by atoms with Gasteiger partial charge in [0.25, 0.3) is 0 Å². The molecule has 2 aliphatic rings. The predicted octanol–water partition coefficient (Wildman–Crippen LogP) is 2.69. The van der Waals surface area contributed by atoms with Gasteiger partial charge in [-0.2, -0.15) is 13.2 Å². The van der Waals surface area contributed by atoms with Crippen molar-refractivity contribution in [1.29, 1.82) is 0 Å². The molecule has 3 unspecified atom stereocenters. The van der Waals surface area contributed by atoms with Crippen LogP contribution in [0.4, 0.5) is 13.2 Å². The Kier molecular flexibility index (Phi) is 7.94. The SMILES string of the molecule is Cl.FC(F)(F)COc1cc(CNC2CCCC2C2COCCN2)ccn1. The Morgan fingerprint density at radius 3 is 2.92 bits per heavy atom. The van der Waals surface area contributed by atoms with Gasteiger partial charge in [0.2, 0.25) is 5.88 Å². The molecule has 0 bridgehead atoms. The summed E-state index contributed by atoms with van der Waals surface area (Å²) in [4.78, 5) is 3.83. The zero-order chi connectivity index (χ0) is 17.7. The maximum absolute atomic E-state index is 12.2. The summed E-state index contributed by atoms with van der Waals surface area (Å²) in [6.45, 7) is 1.65. The Labute approximate surface area is 157 Å². The Morgan fingerprint density at radius 2 is 2.19 bits per heavy atom. The number of halogens is 4. The summed E-state index contributed by atoms with van der Waals surface area (Å²) in [6, 6.07) is 4.10. The minimum atomic E-state index is -4.36. The van der Waals surface area contributed by atoms with Crippen LogP contribution in [-0.4, -0.2) is 49.6 Å². The molecular formula is C17H25ClF3N3O2. The summed E-state index contributed by atoms with van der Waals surface area (Å²) in [6.07, 6.45) is 0.560. The molecule has 1 aliphatic carbocycles. The third-order valence-corrected chi connectivity index (χ3v) is 4.79. The predicted molar refractivity (Wildman–Crippen MR) is 93.6 cm³/mol. The van der Waals surface area contributed by atoms with E-state index in [9.17, 15) is 13.2 Å². The van der Waals surface area contributed by atoms with Crippen LogP contribution in [0.5, 0.6) is 5.88 Å². The maximum Gasteiger partial charge on any atom is 0.422 e. The van der Waals surface area contributed by atoms with Crippen LogP contribution in [0.25, 0.3) is 0 Å². The molecule has 0 amide bonds. The smallest absolute Gasteiger partial charge is 0.422 e. The molecule has 9 heteroatoms. The lowest BCUT2D eigenvalue weighted by atomic mass is 9.94. The molecule has 2 heterocycles. The second-order valence-electron chi connectivity index (χ2n) is 6.62. The summed E-state index contributed by atoms with van der Waals surface area (Å²) < 4.78 is 47.0. The van der Waals surface area contributed by atoms with Crippen molar-refractivity contribution >= 4 is 12.4 Å². The average Bonchev–Trinajstić information content (AvgIpc) is 3.07. The molecule has 0 radical (unpaired) electrons. The highest BCUT2D eigenvalue weighted by atomic mass is 35.5. The van der Waals surface area contributed by atoms with Gasteiger partial charge < -0.3 is 20.1 Å². The first-order chi connectivity index (χ1) is 12.0. The first-order valence-corrected chi connectivity index (χ1v) is 8.70. The van der Waals surface area contributed by atoms with Crippen molar-refractivity contribution in [3.05, 3.63) is 23.9 Å². The number of hydrogen-bond acceptors (Lipinski definition) is 5. The Bertz CT molecular complexity index is 556. The molecule has 0 aromatic carbocycles. The molecule has 2 fully saturated rings. The van der Waals surface area contributed by atoms with E-state index in [1.54, 1.807) is 12.1 Å². The minimum Gasteiger partial charge on any atom is -0.468 e. The first-order valence-electron chi connectivity index (χ1n) is 8.70. The highest BCUT2D eigenvalue weighted by molar-refractivity contribution is 5.85. The fraction of sp³-hybridized carbons (Fsp3) is 0.706. The highest BCUT2D eigenvalue weighted by Crippen LogP contribution is 2.29. The van der Waals surface area contributed by atoms with Crippen LogP contribution in [0, 0.1) is 5.92 Å². The van der Waals surface area contributed by atoms with Crippen LogP contribution in [0.15, 0.2) is 18.3 Å². The normalized spacial score (nSPS) is 26.3. The maximum atomic E-state index is 12.2. The molecule has 1 saturated carbocycles. The van der Waals surface area contributed by atoms with Crippen LogP contribution in [-0.2, 0) is 11.3 Å². The van der Waals surface area contributed by atoms with Gasteiger partial charge in [0.1, 0.15) is 0 Å². The van der Waals surface area contributed by atoms with E-state index >= 15 is 0 Å². The van der Waals surface area contributed by atoms with Gasteiger partial charge in [-0.1, -0.05) is 6.42 Å². The highest BCUT2D eigenvalue weighted by Gasteiger charge is 2.34. The molecule has 1 aromatic rings. The quantitative estimate of drug-likeness (QED) is 0.775. The third kappa shape index (κ3) is 6.26. The topological polar surface area (TPSA) is 55.4 Å². The number of nitrogens with zero attached hydrogens (tertiary/aromatic N) is 1. The van der Waals surface area contributed by atoms with Crippen molar-refractivity contribution in [2.75, 3.05) is 26.4 Å². The molecule has 1 aromatic heterocycles.